The molecule has 30 heavy (non-hydrogen) atoms. The van der Waals surface area contributed by atoms with Gasteiger partial charge in [0.2, 0.25) is 11.8 Å². The van der Waals surface area contributed by atoms with Crippen molar-refractivity contribution in [3.63, 3.8) is 0 Å². The van der Waals surface area contributed by atoms with Crippen LogP contribution in [0, 0.1) is 45.3 Å². The number of nitriles is 4. The monoisotopic (exact) mass is 388 g/mol. The van der Waals surface area contributed by atoms with Gasteiger partial charge in [-0.05, 0) is 40.4 Å². The van der Waals surface area contributed by atoms with Crippen molar-refractivity contribution in [2.24, 2.45) is 0 Å². The summed E-state index contributed by atoms with van der Waals surface area (Å²) < 4.78 is 11.5. The van der Waals surface area contributed by atoms with Crippen LogP contribution in [0.1, 0.15) is 0 Å². The summed E-state index contributed by atoms with van der Waals surface area (Å²) in [5, 5.41) is 45.7. The average Bonchev–Trinajstić information content (AvgIpc) is 3.37. The molecule has 0 aliphatic carbocycles. The predicted octanol–water partition coefficient (Wildman–Crippen LogP) is 4.12. The van der Waals surface area contributed by atoms with Crippen LogP contribution in [0.25, 0.3) is 21.5 Å². The van der Waals surface area contributed by atoms with E-state index in [0.717, 1.165) is 21.5 Å². The van der Waals surface area contributed by atoms with Gasteiger partial charge in [0.15, 0.2) is 22.6 Å². The van der Waals surface area contributed by atoms with Gasteiger partial charge in [0.05, 0.1) is 11.4 Å². The Hall–Kier alpha value is -5.18. The van der Waals surface area contributed by atoms with E-state index in [1.165, 1.54) is 0 Å². The highest BCUT2D eigenvalue weighted by Crippen LogP contribution is 2.45. The zero-order valence-electron chi connectivity index (χ0n) is 15.1. The molecule has 8 nitrogen and oxygen atoms in total. The quantitative estimate of drug-likeness (QED) is 0.433. The van der Waals surface area contributed by atoms with Crippen LogP contribution in [-0.4, -0.2) is 0 Å². The van der Waals surface area contributed by atoms with Crippen molar-refractivity contribution in [2.75, 3.05) is 10.6 Å². The van der Waals surface area contributed by atoms with Gasteiger partial charge < -0.3 is 20.1 Å². The summed E-state index contributed by atoms with van der Waals surface area (Å²) in [6.07, 6.45) is 0. The van der Waals surface area contributed by atoms with Gasteiger partial charge in [0, 0.05) is 5.39 Å². The normalized spacial score (nSPS) is 12.8. The maximum atomic E-state index is 9.09. The Morgan fingerprint density at radius 1 is 0.667 bits per heavy atom. The molecule has 0 aromatic heterocycles. The Labute approximate surface area is 169 Å². The van der Waals surface area contributed by atoms with E-state index >= 15 is 0 Å². The number of rotatable bonds is 0. The van der Waals surface area contributed by atoms with Gasteiger partial charge >= 0.3 is 0 Å². The molecule has 0 saturated carbocycles. The fourth-order valence-electron chi connectivity index (χ4n) is 3.52. The predicted molar refractivity (Wildman–Crippen MR) is 106 cm³/mol. The lowest BCUT2D eigenvalue weighted by atomic mass is 10.00. The maximum Gasteiger partial charge on any atom is 0.226 e. The smallest absolute Gasteiger partial charge is 0.226 e. The first-order chi connectivity index (χ1) is 14.7. The van der Waals surface area contributed by atoms with E-state index in [0.29, 0.717) is 22.9 Å². The van der Waals surface area contributed by atoms with Crippen molar-refractivity contribution in [1.82, 2.24) is 0 Å². The SMILES string of the molecule is N#CC(C#N)=C1Nc2cc3ccc4c5c(ccc4c3cc2O1)NC(=C(C#N)C#N)O5. The van der Waals surface area contributed by atoms with Gasteiger partial charge in [-0.15, -0.1) is 0 Å². The lowest BCUT2D eigenvalue weighted by Crippen LogP contribution is -2.00. The largest absolute Gasteiger partial charge is 0.437 e. The van der Waals surface area contributed by atoms with Crippen LogP contribution in [0.5, 0.6) is 11.5 Å². The van der Waals surface area contributed by atoms with E-state index < -0.39 is 0 Å². The molecule has 0 fully saturated rings. The maximum absolute atomic E-state index is 9.09. The summed E-state index contributed by atoms with van der Waals surface area (Å²) in [7, 11) is 0. The Morgan fingerprint density at radius 2 is 1.30 bits per heavy atom. The summed E-state index contributed by atoms with van der Waals surface area (Å²) in [5.41, 5.74) is 1.05. The minimum Gasteiger partial charge on any atom is -0.437 e. The molecule has 0 radical (unpaired) electrons. The molecule has 138 valence electrons. The third-order valence-electron chi connectivity index (χ3n) is 4.88. The Kier molecular flexibility index (Phi) is 3.49. The van der Waals surface area contributed by atoms with Crippen LogP contribution >= 0.6 is 0 Å². The number of nitrogens with one attached hydrogen (secondary N) is 2. The molecular formula is C22H8N6O2. The van der Waals surface area contributed by atoms with E-state index in [2.05, 4.69) is 10.6 Å². The second-order valence-corrected chi connectivity index (χ2v) is 6.48. The molecule has 2 heterocycles. The molecule has 3 aromatic carbocycles. The molecule has 0 saturated heterocycles. The van der Waals surface area contributed by atoms with Crippen molar-refractivity contribution < 1.29 is 9.47 Å². The molecule has 0 unspecified atom stereocenters. The number of allylic oxidation sites excluding steroid dienone is 2. The number of hydrogen-bond acceptors (Lipinski definition) is 8. The van der Waals surface area contributed by atoms with Gasteiger partial charge in [-0.3, -0.25) is 0 Å². The topological polar surface area (TPSA) is 138 Å². The highest BCUT2D eigenvalue weighted by atomic mass is 16.5. The van der Waals surface area contributed by atoms with Crippen LogP contribution in [0.15, 0.2) is 59.3 Å². The van der Waals surface area contributed by atoms with Gasteiger partial charge in [-0.1, -0.05) is 12.1 Å². The molecule has 0 amide bonds. The lowest BCUT2D eigenvalue weighted by molar-refractivity contribution is 0.455. The zero-order valence-corrected chi connectivity index (χ0v) is 15.1. The highest BCUT2D eigenvalue weighted by molar-refractivity contribution is 6.13. The Balaban J connectivity index is 1.68. The number of fused-ring (bicyclic) bond motifs is 6. The molecule has 0 atom stereocenters. The van der Waals surface area contributed by atoms with Crippen LogP contribution in [0.2, 0.25) is 0 Å². The lowest BCUT2D eigenvalue weighted by Gasteiger charge is -2.08. The van der Waals surface area contributed by atoms with Gasteiger partial charge in [0.1, 0.15) is 24.3 Å². The number of ether oxygens (including phenoxy) is 2. The van der Waals surface area contributed by atoms with Crippen LogP contribution in [-0.2, 0) is 0 Å². The van der Waals surface area contributed by atoms with Crippen molar-refractivity contribution in [3.8, 4) is 35.8 Å². The van der Waals surface area contributed by atoms with Gasteiger partial charge in [-0.2, -0.15) is 21.0 Å². The minimum absolute atomic E-state index is 0.110. The van der Waals surface area contributed by atoms with Gasteiger partial charge in [-0.25, -0.2) is 0 Å². The number of nitrogens with zero attached hydrogens (tertiary/aromatic N) is 4. The Morgan fingerprint density at radius 3 is 2.00 bits per heavy atom. The van der Waals surface area contributed by atoms with E-state index in [4.69, 9.17) is 30.5 Å². The van der Waals surface area contributed by atoms with E-state index in [1.54, 1.807) is 0 Å². The zero-order chi connectivity index (χ0) is 20.8. The van der Waals surface area contributed by atoms with Crippen LogP contribution < -0.4 is 20.1 Å². The molecule has 8 heteroatoms. The van der Waals surface area contributed by atoms with Crippen molar-refractivity contribution in [1.29, 1.82) is 21.0 Å². The fourth-order valence-corrected chi connectivity index (χ4v) is 3.52. The molecule has 2 N–H and O–H groups in total. The molecule has 0 spiro atoms. The third kappa shape index (κ3) is 2.29. The first kappa shape index (κ1) is 17.0. The van der Waals surface area contributed by atoms with E-state index in [9.17, 15) is 0 Å². The van der Waals surface area contributed by atoms with Crippen molar-refractivity contribution >= 4 is 32.9 Å². The molecule has 3 aromatic rings. The first-order valence-electron chi connectivity index (χ1n) is 8.69. The van der Waals surface area contributed by atoms with Gasteiger partial charge in [0.25, 0.3) is 0 Å². The second kappa shape index (κ2) is 6.17. The van der Waals surface area contributed by atoms with Crippen molar-refractivity contribution in [3.05, 3.63) is 59.3 Å². The fraction of sp³-hybridized carbons (Fsp3) is 0. The van der Waals surface area contributed by atoms with Crippen LogP contribution in [0.3, 0.4) is 0 Å². The summed E-state index contributed by atoms with van der Waals surface area (Å²) in [4.78, 5) is 0. The van der Waals surface area contributed by atoms with E-state index in [1.807, 2.05) is 60.7 Å². The second-order valence-electron chi connectivity index (χ2n) is 6.48. The van der Waals surface area contributed by atoms with Crippen molar-refractivity contribution in [2.45, 2.75) is 0 Å². The highest BCUT2D eigenvalue weighted by Gasteiger charge is 2.25. The average molecular weight is 388 g/mol. The minimum atomic E-state index is -0.137. The van der Waals surface area contributed by atoms with Crippen LogP contribution in [0.4, 0.5) is 11.4 Å². The molecule has 2 aliphatic rings. The molecule has 2 aliphatic heterocycles. The number of benzene rings is 3. The molecular weight excluding hydrogens is 380 g/mol. The summed E-state index contributed by atoms with van der Waals surface area (Å²) in [5.74, 6) is 1.26. The third-order valence-corrected chi connectivity index (χ3v) is 4.88. The molecule has 0 bridgehead atoms. The summed E-state index contributed by atoms with van der Waals surface area (Å²) >= 11 is 0. The standard InChI is InChI=1S/C22H8N6O2/c23-7-12(8-24)21-28-18-5-11-1-2-15-14(16(11)6-19(18)29-21)3-4-17-20(15)30-22(27-17)13(9-25)10-26/h1-6,27-28H. The van der Waals surface area contributed by atoms with E-state index in [-0.39, 0.29) is 22.9 Å². The molecule has 5 rings (SSSR count). The first-order valence-corrected chi connectivity index (χ1v) is 8.69. The Bertz CT molecular complexity index is 1510. The summed E-state index contributed by atoms with van der Waals surface area (Å²) in [6.45, 7) is 0. The number of hydrogen-bond donors (Lipinski definition) is 2. The summed E-state index contributed by atoms with van der Waals surface area (Å²) in [6, 6.07) is 18.5. The number of anilines is 2.